The number of carbonyl (C=O) groups is 1. The molecule has 2 aromatic carbocycles. The number of amides is 1. The van der Waals surface area contributed by atoms with Gasteiger partial charge in [0.05, 0.1) is 0 Å². The summed E-state index contributed by atoms with van der Waals surface area (Å²) in [5.41, 5.74) is 2.14. The largest absolute Gasteiger partial charge is 0.454 e. The van der Waals surface area contributed by atoms with Gasteiger partial charge in [-0.3, -0.25) is 4.79 Å². The standard InChI is InChI=1S/C20H20N2O3/c23-20(9-7-16-6-8-18-19(14-16)25-15-24-18)22-12-10-21(11-13-22)17-4-2-1-3-5-17/h1-9,14H,10-13,15H2/b9-7+. The number of nitrogens with zero attached hydrogens (tertiary/aromatic N) is 2. The molecule has 5 nitrogen and oxygen atoms in total. The fourth-order valence-corrected chi connectivity index (χ4v) is 3.11. The second-order valence-electron chi connectivity index (χ2n) is 6.09. The molecule has 0 unspecified atom stereocenters. The number of hydrogen-bond acceptors (Lipinski definition) is 4. The van der Waals surface area contributed by atoms with E-state index in [-0.39, 0.29) is 12.7 Å². The number of rotatable bonds is 3. The highest BCUT2D eigenvalue weighted by molar-refractivity contribution is 5.92. The van der Waals surface area contributed by atoms with Crippen LogP contribution in [-0.2, 0) is 4.79 Å². The first-order chi connectivity index (χ1) is 12.3. The molecule has 1 fully saturated rings. The van der Waals surface area contributed by atoms with Gasteiger partial charge >= 0.3 is 0 Å². The van der Waals surface area contributed by atoms with Gasteiger partial charge in [0.2, 0.25) is 12.7 Å². The third-order valence-corrected chi connectivity index (χ3v) is 4.53. The number of piperazine rings is 1. The maximum atomic E-state index is 12.4. The van der Waals surface area contributed by atoms with E-state index < -0.39 is 0 Å². The van der Waals surface area contributed by atoms with Crippen molar-refractivity contribution in [3.63, 3.8) is 0 Å². The van der Waals surface area contributed by atoms with Crippen LogP contribution in [0.5, 0.6) is 11.5 Å². The molecule has 2 aliphatic rings. The zero-order chi connectivity index (χ0) is 17.1. The van der Waals surface area contributed by atoms with Crippen LogP contribution in [0.4, 0.5) is 5.69 Å². The fourth-order valence-electron chi connectivity index (χ4n) is 3.11. The Bertz CT molecular complexity index is 781. The van der Waals surface area contributed by atoms with Crippen molar-refractivity contribution in [2.24, 2.45) is 0 Å². The molecule has 0 aromatic heterocycles. The van der Waals surface area contributed by atoms with Crippen LogP contribution in [0.2, 0.25) is 0 Å². The lowest BCUT2D eigenvalue weighted by Crippen LogP contribution is -2.48. The first kappa shape index (κ1) is 15.6. The molecule has 0 atom stereocenters. The Hall–Kier alpha value is -2.95. The van der Waals surface area contributed by atoms with Crippen LogP contribution in [0, 0.1) is 0 Å². The molecule has 2 aliphatic heterocycles. The molecule has 2 heterocycles. The Morgan fingerprint density at radius 1 is 0.920 bits per heavy atom. The molecule has 0 radical (unpaired) electrons. The van der Waals surface area contributed by atoms with E-state index in [1.807, 2.05) is 47.4 Å². The smallest absolute Gasteiger partial charge is 0.246 e. The summed E-state index contributed by atoms with van der Waals surface area (Å²) in [6.07, 6.45) is 3.46. The van der Waals surface area contributed by atoms with Gasteiger partial charge < -0.3 is 19.3 Å². The Morgan fingerprint density at radius 3 is 2.48 bits per heavy atom. The van der Waals surface area contributed by atoms with E-state index in [9.17, 15) is 4.79 Å². The summed E-state index contributed by atoms with van der Waals surface area (Å²) in [6.45, 7) is 3.44. The molecule has 5 heteroatoms. The minimum Gasteiger partial charge on any atom is -0.454 e. The predicted molar refractivity (Wildman–Crippen MR) is 96.8 cm³/mol. The van der Waals surface area contributed by atoms with Crippen molar-refractivity contribution < 1.29 is 14.3 Å². The molecule has 1 amide bonds. The highest BCUT2D eigenvalue weighted by Gasteiger charge is 2.19. The molecule has 0 N–H and O–H groups in total. The number of carbonyl (C=O) groups excluding carboxylic acids is 1. The minimum absolute atomic E-state index is 0.0466. The van der Waals surface area contributed by atoms with E-state index >= 15 is 0 Å². The van der Waals surface area contributed by atoms with E-state index in [0.717, 1.165) is 43.2 Å². The molecular formula is C20H20N2O3. The molecule has 4 rings (SSSR count). The van der Waals surface area contributed by atoms with Crippen molar-refractivity contribution in [3.05, 3.63) is 60.2 Å². The monoisotopic (exact) mass is 336 g/mol. The normalized spacial score (nSPS) is 16.5. The highest BCUT2D eigenvalue weighted by atomic mass is 16.7. The molecule has 25 heavy (non-hydrogen) atoms. The highest BCUT2D eigenvalue weighted by Crippen LogP contribution is 2.32. The van der Waals surface area contributed by atoms with Gasteiger partial charge in [-0.05, 0) is 35.9 Å². The van der Waals surface area contributed by atoms with Crippen LogP contribution in [0.3, 0.4) is 0 Å². The Kier molecular flexibility index (Phi) is 4.29. The van der Waals surface area contributed by atoms with Crippen molar-refractivity contribution in [3.8, 4) is 11.5 Å². The third kappa shape index (κ3) is 3.45. The van der Waals surface area contributed by atoms with E-state index in [1.54, 1.807) is 6.08 Å². The van der Waals surface area contributed by atoms with E-state index in [1.165, 1.54) is 5.69 Å². The zero-order valence-electron chi connectivity index (χ0n) is 13.9. The molecule has 0 saturated carbocycles. The van der Waals surface area contributed by atoms with Crippen LogP contribution in [0.1, 0.15) is 5.56 Å². The van der Waals surface area contributed by atoms with Crippen LogP contribution < -0.4 is 14.4 Å². The third-order valence-electron chi connectivity index (χ3n) is 4.53. The lowest BCUT2D eigenvalue weighted by atomic mass is 10.2. The summed E-state index contributed by atoms with van der Waals surface area (Å²) in [6, 6.07) is 16.0. The Balaban J connectivity index is 1.34. The number of benzene rings is 2. The fraction of sp³-hybridized carbons (Fsp3) is 0.250. The number of fused-ring (bicyclic) bond motifs is 1. The van der Waals surface area contributed by atoms with Gasteiger partial charge in [-0.25, -0.2) is 0 Å². The molecular weight excluding hydrogens is 316 g/mol. The average Bonchev–Trinajstić information content (AvgIpc) is 3.15. The van der Waals surface area contributed by atoms with Gasteiger partial charge in [0.1, 0.15) is 0 Å². The number of ether oxygens (including phenoxy) is 2. The van der Waals surface area contributed by atoms with Crippen molar-refractivity contribution in [2.75, 3.05) is 37.9 Å². The van der Waals surface area contributed by atoms with Crippen LogP contribution in [0.25, 0.3) is 6.08 Å². The molecule has 0 aliphatic carbocycles. The van der Waals surface area contributed by atoms with Crippen LogP contribution >= 0.6 is 0 Å². The minimum atomic E-state index is 0.0466. The number of para-hydroxylation sites is 1. The SMILES string of the molecule is O=C(/C=C/c1ccc2c(c1)OCO2)N1CCN(c2ccccc2)CC1. The van der Waals surface area contributed by atoms with Crippen molar-refractivity contribution in [1.82, 2.24) is 4.90 Å². The van der Waals surface area contributed by atoms with Gasteiger partial charge in [-0.2, -0.15) is 0 Å². The van der Waals surface area contributed by atoms with E-state index in [2.05, 4.69) is 17.0 Å². The molecule has 1 saturated heterocycles. The summed E-state index contributed by atoms with van der Waals surface area (Å²) in [5, 5.41) is 0. The Morgan fingerprint density at radius 2 is 1.68 bits per heavy atom. The zero-order valence-corrected chi connectivity index (χ0v) is 13.9. The summed E-state index contributed by atoms with van der Waals surface area (Å²) in [4.78, 5) is 16.6. The molecule has 2 aromatic rings. The molecule has 0 bridgehead atoms. The quantitative estimate of drug-likeness (QED) is 0.809. The van der Waals surface area contributed by atoms with Crippen molar-refractivity contribution in [1.29, 1.82) is 0 Å². The molecule has 0 spiro atoms. The summed E-state index contributed by atoms with van der Waals surface area (Å²) < 4.78 is 10.7. The summed E-state index contributed by atoms with van der Waals surface area (Å²) >= 11 is 0. The van der Waals surface area contributed by atoms with Crippen molar-refractivity contribution in [2.45, 2.75) is 0 Å². The Labute approximate surface area is 147 Å². The average molecular weight is 336 g/mol. The van der Waals surface area contributed by atoms with Crippen molar-refractivity contribution >= 4 is 17.7 Å². The maximum Gasteiger partial charge on any atom is 0.246 e. The topological polar surface area (TPSA) is 42.0 Å². The molecule has 128 valence electrons. The number of hydrogen-bond donors (Lipinski definition) is 0. The van der Waals surface area contributed by atoms with Crippen LogP contribution in [-0.4, -0.2) is 43.8 Å². The summed E-state index contributed by atoms with van der Waals surface area (Å²) in [7, 11) is 0. The second kappa shape index (κ2) is 6.89. The van der Waals surface area contributed by atoms with Gasteiger partial charge in [0.25, 0.3) is 0 Å². The van der Waals surface area contributed by atoms with E-state index in [0.29, 0.717) is 0 Å². The van der Waals surface area contributed by atoms with Crippen LogP contribution in [0.15, 0.2) is 54.6 Å². The predicted octanol–water partition coefficient (Wildman–Crippen LogP) is 2.78. The summed E-state index contributed by atoms with van der Waals surface area (Å²) in [5.74, 6) is 1.52. The lowest BCUT2D eigenvalue weighted by Gasteiger charge is -2.35. The first-order valence-electron chi connectivity index (χ1n) is 8.46. The van der Waals surface area contributed by atoms with Gasteiger partial charge in [-0.1, -0.05) is 24.3 Å². The van der Waals surface area contributed by atoms with Gasteiger partial charge in [-0.15, -0.1) is 0 Å². The lowest BCUT2D eigenvalue weighted by molar-refractivity contribution is -0.126. The second-order valence-corrected chi connectivity index (χ2v) is 6.09. The first-order valence-corrected chi connectivity index (χ1v) is 8.46. The van der Waals surface area contributed by atoms with Gasteiger partial charge in [0, 0.05) is 37.9 Å². The maximum absolute atomic E-state index is 12.4. The number of anilines is 1. The van der Waals surface area contributed by atoms with Gasteiger partial charge in [0.15, 0.2) is 11.5 Å². The van der Waals surface area contributed by atoms with E-state index in [4.69, 9.17) is 9.47 Å².